The predicted molar refractivity (Wildman–Crippen MR) is 119 cm³/mol. The van der Waals surface area contributed by atoms with Crippen molar-refractivity contribution in [2.24, 2.45) is 0 Å². The molecule has 3 heterocycles. The normalized spacial score (nSPS) is 11.6. The molecule has 0 aliphatic carbocycles. The van der Waals surface area contributed by atoms with Gasteiger partial charge < -0.3 is 0 Å². The number of unbranched alkanes of at least 4 members (excludes halogenated alkanes) is 1. The van der Waals surface area contributed by atoms with E-state index in [1.807, 2.05) is 35.1 Å². The smallest absolute Gasteiger partial charge is 0.261 e. The first-order valence-corrected chi connectivity index (χ1v) is 10.5. The highest BCUT2D eigenvalue weighted by Gasteiger charge is 2.14. The molecule has 0 unspecified atom stereocenters. The highest BCUT2D eigenvalue weighted by Crippen LogP contribution is 2.25. The maximum absolute atomic E-state index is 13.2. The Labute approximate surface area is 171 Å². The molecule has 0 saturated heterocycles. The molecule has 29 heavy (non-hydrogen) atoms. The third-order valence-corrected chi connectivity index (χ3v) is 5.37. The van der Waals surface area contributed by atoms with E-state index in [1.165, 1.54) is 0 Å². The number of aryl methyl sites for hydroxylation is 4. The number of benzene rings is 1. The average Bonchev–Trinajstić information content (AvgIpc) is 3.12. The number of rotatable bonds is 6. The fourth-order valence-electron chi connectivity index (χ4n) is 4.03. The number of hydrogen-bond acceptors (Lipinski definition) is 3. The second-order valence-electron chi connectivity index (χ2n) is 7.84. The molecule has 0 saturated carbocycles. The lowest BCUT2D eigenvalue weighted by atomic mass is 10.0. The van der Waals surface area contributed by atoms with Crippen LogP contribution in [0, 0.1) is 13.8 Å². The summed E-state index contributed by atoms with van der Waals surface area (Å²) in [6.45, 7) is 8.99. The van der Waals surface area contributed by atoms with Crippen molar-refractivity contribution in [3.05, 3.63) is 63.8 Å². The minimum Gasteiger partial charge on any atom is -0.293 e. The van der Waals surface area contributed by atoms with Crippen molar-refractivity contribution >= 4 is 16.6 Å². The van der Waals surface area contributed by atoms with Gasteiger partial charge in [-0.3, -0.25) is 14.3 Å². The van der Waals surface area contributed by atoms with Crippen LogP contribution in [-0.2, 0) is 13.0 Å². The molecule has 0 atom stereocenters. The van der Waals surface area contributed by atoms with Crippen molar-refractivity contribution in [3.8, 4) is 11.1 Å². The molecule has 1 aromatic carbocycles. The Kier molecular flexibility index (Phi) is 5.22. The van der Waals surface area contributed by atoms with Crippen molar-refractivity contribution in [1.82, 2.24) is 19.2 Å². The van der Waals surface area contributed by atoms with Gasteiger partial charge in [0.2, 0.25) is 0 Å². The summed E-state index contributed by atoms with van der Waals surface area (Å²) in [7, 11) is 0. The second kappa shape index (κ2) is 7.82. The summed E-state index contributed by atoms with van der Waals surface area (Å²) in [6.07, 6.45) is 4.06. The molecule has 0 fully saturated rings. The highest BCUT2D eigenvalue weighted by atomic mass is 16.1. The molecule has 4 rings (SSSR count). The Morgan fingerprint density at radius 3 is 2.38 bits per heavy atom. The van der Waals surface area contributed by atoms with Crippen LogP contribution < -0.4 is 5.56 Å². The van der Waals surface area contributed by atoms with Gasteiger partial charge in [0.25, 0.3) is 5.56 Å². The van der Waals surface area contributed by atoms with Crippen LogP contribution in [0.1, 0.15) is 50.2 Å². The van der Waals surface area contributed by atoms with Crippen molar-refractivity contribution in [2.75, 3.05) is 0 Å². The number of pyridine rings is 1. The van der Waals surface area contributed by atoms with Crippen LogP contribution >= 0.6 is 0 Å². The summed E-state index contributed by atoms with van der Waals surface area (Å²) >= 11 is 0. The average molecular weight is 389 g/mol. The zero-order valence-corrected chi connectivity index (χ0v) is 17.7. The van der Waals surface area contributed by atoms with Gasteiger partial charge in [0, 0.05) is 24.0 Å². The zero-order valence-electron chi connectivity index (χ0n) is 17.7. The fraction of sp³-hybridized carbons (Fsp3) is 0.375. The van der Waals surface area contributed by atoms with Crippen molar-refractivity contribution in [2.45, 2.75) is 59.9 Å². The summed E-state index contributed by atoms with van der Waals surface area (Å²) in [5.41, 5.74) is 7.02. The number of hydrogen-bond donors (Lipinski definition) is 0. The second-order valence-corrected chi connectivity index (χ2v) is 7.84. The van der Waals surface area contributed by atoms with E-state index >= 15 is 0 Å². The Morgan fingerprint density at radius 2 is 1.69 bits per heavy atom. The van der Waals surface area contributed by atoms with Crippen molar-refractivity contribution in [3.63, 3.8) is 0 Å². The Bertz CT molecular complexity index is 1230. The third kappa shape index (κ3) is 3.57. The van der Waals surface area contributed by atoms with Crippen LogP contribution in [0.15, 0.2) is 41.2 Å². The summed E-state index contributed by atoms with van der Waals surface area (Å²) in [5.74, 6) is 0. The minimum atomic E-state index is 0.0601. The van der Waals surface area contributed by atoms with Crippen molar-refractivity contribution < 1.29 is 0 Å². The van der Waals surface area contributed by atoms with Gasteiger partial charge in [0.15, 0.2) is 0 Å². The first-order valence-electron chi connectivity index (χ1n) is 10.5. The van der Waals surface area contributed by atoms with Gasteiger partial charge in [0.1, 0.15) is 5.65 Å². The van der Waals surface area contributed by atoms with E-state index in [-0.39, 0.29) is 5.56 Å². The van der Waals surface area contributed by atoms with Gasteiger partial charge in [-0.05, 0) is 68.5 Å². The van der Waals surface area contributed by atoms with Gasteiger partial charge in [-0.2, -0.15) is 5.10 Å². The lowest BCUT2D eigenvalue weighted by Gasteiger charge is -2.11. The largest absolute Gasteiger partial charge is 0.293 e. The van der Waals surface area contributed by atoms with Crippen LogP contribution in [0.4, 0.5) is 0 Å². The van der Waals surface area contributed by atoms with Gasteiger partial charge in [0.05, 0.1) is 16.6 Å². The first-order chi connectivity index (χ1) is 14.0. The van der Waals surface area contributed by atoms with Crippen molar-refractivity contribution in [1.29, 1.82) is 0 Å². The maximum atomic E-state index is 13.2. The Hall–Kier alpha value is -2.95. The predicted octanol–water partition coefficient (Wildman–Crippen LogP) is 5.08. The van der Waals surface area contributed by atoms with Crippen LogP contribution in [0.25, 0.3) is 27.7 Å². The summed E-state index contributed by atoms with van der Waals surface area (Å²) < 4.78 is 3.83. The third-order valence-electron chi connectivity index (χ3n) is 5.37. The fourth-order valence-corrected chi connectivity index (χ4v) is 4.03. The zero-order chi connectivity index (χ0) is 20.5. The van der Waals surface area contributed by atoms with E-state index < -0.39 is 0 Å². The molecule has 5 heteroatoms. The molecule has 3 aromatic heterocycles. The molecule has 0 N–H and O–H groups in total. The molecule has 4 aromatic rings. The van der Waals surface area contributed by atoms with E-state index in [0.717, 1.165) is 65.1 Å². The topological polar surface area (TPSA) is 52.2 Å². The summed E-state index contributed by atoms with van der Waals surface area (Å²) in [6, 6.07) is 12.3. The molecule has 0 spiro atoms. The van der Waals surface area contributed by atoms with E-state index in [9.17, 15) is 4.79 Å². The van der Waals surface area contributed by atoms with E-state index in [4.69, 9.17) is 5.10 Å². The molecule has 0 bridgehead atoms. The maximum Gasteiger partial charge on any atom is 0.261 e. The highest BCUT2D eigenvalue weighted by molar-refractivity contribution is 5.85. The molecule has 150 valence electrons. The summed E-state index contributed by atoms with van der Waals surface area (Å²) in [5, 5.41) is 5.59. The van der Waals surface area contributed by atoms with Gasteiger partial charge in [-0.15, -0.1) is 0 Å². The van der Waals surface area contributed by atoms with Crippen LogP contribution in [0.3, 0.4) is 0 Å². The number of aromatic nitrogens is 4. The van der Waals surface area contributed by atoms with E-state index in [0.29, 0.717) is 11.9 Å². The van der Waals surface area contributed by atoms with E-state index in [1.54, 1.807) is 0 Å². The quantitative estimate of drug-likeness (QED) is 0.463. The number of fused-ring (bicyclic) bond motifs is 3. The summed E-state index contributed by atoms with van der Waals surface area (Å²) in [4.78, 5) is 17.7. The molecule has 5 nitrogen and oxygen atoms in total. The Balaban J connectivity index is 1.99. The van der Waals surface area contributed by atoms with Crippen LogP contribution in [0.2, 0.25) is 0 Å². The molecule has 0 aliphatic heterocycles. The van der Waals surface area contributed by atoms with E-state index in [2.05, 4.69) is 43.1 Å². The van der Waals surface area contributed by atoms with Gasteiger partial charge in [-0.25, -0.2) is 4.52 Å². The lowest BCUT2D eigenvalue weighted by molar-refractivity contribution is 0.665. The monoisotopic (exact) mass is 388 g/mol. The first kappa shape index (κ1) is 19.4. The lowest BCUT2D eigenvalue weighted by Crippen LogP contribution is -2.22. The number of nitrogens with zero attached hydrogens (tertiary/aromatic N) is 4. The molecular weight excluding hydrogens is 360 g/mol. The Morgan fingerprint density at radius 1 is 0.931 bits per heavy atom. The standard InChI is InChI=1S/C24H28N4O/c1-5-7-8-20-15-23-27(11-6-2)24(29)21-10-9-18(14-22(21)28(23)26-20)19-12-16(3)25-17(4)13-19/h9-10,12-15H,5-8,11H2,1-4H3. The molecular formula is C24H28N4O. The SMILES string of the molecule is CCCCc1cc2n(CCC)c(=O)c3ccc(-c4cc(C)nc(C)c4)cc3n2n1. The van der Waals surface area contributed by atoms with Gasteiger partial charge in [-0.1, -0.05) is 26.3 Å². The molecule has 0 radical (unpaired) electrons. The molecule has 0 amide bonds. The van der Waals surface area contributed by atoms with Gasteiger partial charge >= 0.3 is 0 Å². The molecule has 0 aliphatic rings. The van der Waals surface area contributed by atoms with Crippen LogP contribution in [-0.4, -0.2) is 19.2 Å². The van der Waals surface area contributed by atoms with Crippen LogP contribution in [0.5, 0.6) is 0 Å². The minimum absolute atomic E-state index is 0.0601.